The van der Waals surface area contributed by atoms with Gasteiger partial charge in [-0.2, -0.15) is 21.9 Å². The van der Waals surface area contributed by atoms with E-state index in [2.05, 4.69) is 101 Å². The Balaban J connectivity index is 0.00000150. The predicted octanol–water partition coefficient (Wildman–Crippen LogP) is 0.506. The predicted molar refractivity (Wildman–Crippen MR) is 124 cm³/mol. The van der Waals surface area contributed by atoms with Gasteiger partial charge in [-0.15, -0.1) is 69.7 Å². The van der Waals surface area contributed by atoms with Crippen molar-refractivity contribution in [2.75, 3.05) is 0 Å². The number of hydrogen-bond donors (Lipinski definition) is 0. The van der Waals surface area contributed by atoms with Crippen molar-refractivity contribution in [2.24, 2.45) is 0 Å². The largest absolute Gasteiger partial charge is 4.00 e. The molecular formula is C26H30Cl2SiZr. The molecule has 4 heteroatoms. The van der Waals surface area contributed by atoms with E-state index in [-0.39, 0.29) is 51.0 Å². The van der Waals surface area contributed by atoms with Gasteiger partial charge in [0.15, 0.2) is 0 Å². The summed E-state index contributed by atoms with van der Waals surface area (Å²) in [5.41, 5.74) is 3.14. The summed E-state index contributed by atoms with van der Waals surface area (Å²) in [6, 6.07) is 22.9. The maximum Gasteiger partial charge on any atom is 4.00 e. The fraction of sp³-hybridized carbons (Fsp3) is 0.308. The van der Waals surface area contributed by atoms with Crippen LogP contribution >= 0.6 is 0 Å². The topological polar surface area (TPSA) is 0 Å². The van der Waals surface area contributed by atoms with Gasteiger partial charge in [-0.05, 0) is 0 Å². The van der Waals surface area contributed by atoms with Crippen LogP contribution in [0.25, 0.3) is 21.5 Å². The molecule has 30 heavy (non-hydrogen) atoms. The molecule has 0 saturated heterocycles. The third kappa shape index (κ3) is 4.44. The van der Waals surface area contributed by atoms with Gasteiger partial charge in [0.25, 0.3) is 0 Å². The van der Waals surface area contributed by atoms with Gasteiger partial charge in [0, 0.05) is 0 Å². The molecule has 0 aliphatic rings. The van der Waals surface area contributed by atoms with Crippen LogP contribution in [0.15, 0.2) is 60.7 Å². The summed E-state index contributed by atoms with van der Waals surface area (Å²) in [6.07, 6.45) is 0. The third-order valence-corrected chi connectivity index (χ3v) is 9.70. The summed E-state index contributed by atoms with van der Waals surface area (Å²) >= 11 is 0. The molecule has 0 heterocycles. The molecule has 0 aliphatic heterocycles. The summed E-state index contributed by atoms with van der Waals surface area (Å²) < 4.78 is 0. The Morgan fingerprint density at radius 2 is 0.967 bits per heavy atom. The van der Waals surface area contributed by atoms with Gasteiger partial charge in [0.2, 0.25) is 0 Å². The molecule has 0 saturated carbocycles. The number of fused-ring (bicyclic) bond motifs is 2. The normalized spacial score (nSPS) is 11.5. The maximum absolute atomic E-state index is 2.55. The van der Waals surface area contributed by atoms with E-state index in [1.54, 1.807) is 21.5 Å². The molecule has 4 aromatic carbocycles. The van der Waals surface area contributed by atoms with Crippen LogP contribution in [0, 0.1) is 0 Å². The van der Waals surface area contributed by atoms with Crippen LogP contribution < -0.4 is 35.2 Å². The Morgan fingerprint density at radius 1 is 0.633 bits per heavy atom. The standard InChI is InChI=1S/C26H30Si.2ClH.Zr/c1-17(2)25-21-13-9-7-11-19(21)15-23(25)27(5,6)24-16-20-12-8-10-14-22(20)26(24)18(3)4;;;/h7-18H,1-6H3;2*1H;/q-2;;;+4/p-2. The van der Waals surface area contributed by atoms with Crippen LogP contribution in [0.3, 0.4) is 0 Å². The molecule has 156 valence electrons. The minimum atomic E-state index is -1.84. The fourth-order valence-electron chi connectivity index (χ4n) is 4.92. The SMILES string of the molecule is CC(C)c1c([Si](C)(C)c2[cH-]c3ccccc3c2C(C)C)[cH-]c2ccccc12.[Cl-].[Cl-].[Zr+4]. The van der Waals surface area contributed by atoms with Gasteiger partial charge < -0.3 is 24.8 Å². The zero-order chi connectivity index (χ0) is 19.3. The molecule has 0 unspecified atom stereocenters. The van der Waals surface area contributed by atoms with Crippen LogP contribution in [0.1, 0.15) is 50.7 Å². The van der Waals surface area contributed by atoms with Gasteiger partial charge in [0.05, 0.1) is 8.07 Å². The molecule has 0 amide bonds. The molecular weight excluding hydrogens is 503 g/mol. The van der Waals surface area contributed by atoms with Gasteiger partial charge in [0.1, 0.15) is 0 Å². The molecule has 0 radical (unpaired) electrons. The van der Waals surface area contributed by atoms with Crippen LogP contribution in [0.5, 0.6) is 0 Å². The molecule has 0 N–H and O–H groups in total. The Hall–Kier alpha value is -0.660. The number of hydrogen-bond acceptors (Lipinski definition) is 0. The Kier molecular flexibility index (Phi) is 9.40. The molecule has 0 nitrogen and oxygen atoms in total. The number of halogens is 2. The van der Waals surface area contributed by atoms with Crippen molar-refractivity contribution >= 4 is 40.0 Å². The summed E-state index contributed by atoms with van der Waals surface area (Å²) in [7, 11) is -1.84. The summed E-state index contributed by atoms with van der Waals surface area (Å²) in [5, 5.41) is 8.94. The average Bonchev–Trinajstić information content (AvgIpc) is 3.21. The molecule has 0 spiro atoms. The van der Waals surface area contributed by atoms with Crippen molar-refractivity contribution in [1.82, 2.24) is 0 Å². The molecule has 0 bridgehead atoms. The van der Waals surface area contributed by atoms with E-state index in [1.165, 1.54) is 21.5 Å². The zero-order valence-electron chi connectivity index (χ0n) is 18.7. The van der Waals surface area contributed by atoms with E-state index in [4.69, 9.17) is 0 Å². The van der Waals surface area contributed by atoms with Crippen LogP contribution in [0.2, 0.25) is 13.1 Å². The van der Waals surface area contributed by atoms with E-state index in [0.29, 0.717) is 11.8 Å². The number of benzene rings is 2. The van der Waals surface area contributed by atoms with E-state index >= 15 is 0 Å². The Bertz CT molecular complexity index is 1030. The van der Waals surface area contributed by atoms with Gasteiger partial charge >= 0.3 is 26.2 Å². The Labute approximate surface area is 214 Å². The fourth-order valence-corrected chi connectivity index (χ4v) is 8.43. The van der Waals surface area contributed by atoms with Crippen molar-refractivity contribution < 1.29 is 51.0 Å². The first-order valence-corrected chi connectivity index (χ1v) is 13.2. The minimum Gasteiger partial charge on any atom is -1.00 e. The molecule has 4 aromatic rings. The summed E-state index contributed by atoms with van der Waals surface area (Å²) in [4.78, 5) is 0. The third-order valence-electron chi connectivity index (χ3n) is 6.18. The van der Waals surface area contributed by atoms with Crippen molar-refractivity contribution in [2.45, 2.75) is 52.6 Å². The minimum absolute atomic E-state index is 0. The molecule has 0 aliphatic carbocycles. The smallest absolute Gasteiger partial charge is 1.00 e. The molecule has 0 atom stereocenters. The monoisotopic (exact) mass is 530 g/mol. The zero-order valence-corrected chi connectivity index (χ0v) is 23.7. The first kappa shape index (κ1) is 27.4. The van der Waals surface area contributed by atoms with E-state index in [9.17, 15) is 0 Å². The van der Waals surface area contributed by atoms with Crippen molar-refractivity contribution in [3.63, 3.8) is 0 Å². The molecule has 4 rings (SSSR count). The second-order valence-electron chi connectivity index (χ2n) is 9.05. The Morgan fingerprint density at radius 3 is 1.30 bits per heavy atom. The summed E-state index contributed by atoms with van der Waals surface area (Å²) in [5.74, 6) is 1.08. The van der Waals surface area contributed by atoms with E-state index in [1.807, 2.05) is 0 Å². The van der Waals surface area contributed by atoms with Crippen LogP contribution in [-0.2, 0) is 26.2 Å². The average molecular weight is 533 g/mol. The van der Waals surface area contributed by atoms with Gasteiger partial charge in [-0.3, -0.25) is 0 Å². The van der Waals surface area contributed by atoms with Crippen molar-refractivity contribution in [1.29, 1.82) is 0 Å². The maximum atomic E-state index is 2.55. The van der Waals surface area contributed by atoms with Crippen LogP contribution in [0.4, 0.5) is 0 Å². The second-order valence-corrected chi connectivity index (χ2v) is 13.4. The quantitative estimate of drug-likeness (QED) is 0.266. The van der Waals surface area contributed by atoms with Gasteiger partial charge in [-0.1, -0.05) is 64.8 Å². The van der Waals surface area contributed by atoms with E-state index < -0.39 is 8.07 Å². The van der Waals surface area contributed by atoms with Gasteiger partial charge in [-0.25, -0.2) is 0 Å². The van der Waals surface area contributed by atoms with E-state index in [0.717, 1.165) is 0 Å². The second kappa shape index (κ2) is 10.3. The molecule has 0 fully saturated rings. The first-order chi connectivity index (χ1) is 12.8. The van der Waals surface area contributed by atoms with Crippen LogP contribution in [-0.4, -0.2) is 8.07 Å². The molecule has 0 aromatic heterocycles. The first-order valence-electron chi connectivity index (χ1n) is 10.2. The van der Waals surface area contributed by atoms with Crippen molar-refractivity contribution in [3.05, 3.63) is 71.8 Å². The summed E-state index contributed by atoms with van der Waals surface area (Å²) in [6.45, 7) is 14.5. The van der Waals surface area contributed by atoms with Crippen molar-refractivity contribution in [3.8, 4) is 0 Å². The number of rotatable bonds is 4.